The molecule has 2 aromatic rings. The van der Waals surface area contributed by atoms with Crippen molar-refractivity contribution in [1.29, 1.82) is 5.41 Å². The molecule has 140 valence electrons. The lowest BCUT2D eigenvalue weighted by Crippen LogP contribution is -2.53. The van der Waals surface area contributed by atoms with Gasteiger partial charge in [0.05, 0.1) is 30.6 Å². The van der Waals surface area contributed by atoms with E-state index in [1.54, 1.807) is 18.3 Å². The zero-order valence-corrected chi connectivity index (χ0v) is 14.1. The highest BCUT2D eigenvalue weighted by atomic mass is 16.5. The number of benzene rings is 1. The molecule has 1 amide bonds. The van der Waals surface area contributed by atoms with Gasteiger partial charge in [-0.1, -0.05) is 17.3 Å². The number of aromatic nitrogens is 3. The van der Waals surface area contributed by atoms with Gasteiger partial charge in [0.1, 0.15) is 18.0 Å². The molecule has 0 aliphatic carbocycles. The summed E-state index contributed by atoms with van der Waals surface area (Å²) in [5, 5.41) is 39.2. The number of nitrogens with zero attached hydrogens (tertiary/aromatic N) is 3. The molecule has 11 nitrogen and oxygen atoms in total. The number of hydrogen-bond acceptors (Lipinski definition) is 7. The van der Waals surface area contributed by atoms with E-state index >= 15 is 0 Å². The maximum atomic E-state index is 12.2. The monoisotopic (exact) mass is 372 g/mol. The molecule has 1 atom stereocenters. The van der Waals surface area contributed by atoms with E-state index in [0.717, 1.165) is 6.34 Å². The second kappa shape index (κ2) is 7.87. The summed E-state index contributed by atoms with van der Waals surface area (Å²) >= 11 is 0. The third kappa shape index (κ3) is 4.23. The Morgan fingerprint density at radius 3 is 3.04 bits per heavy atom. The fourth-order valence-electron chi connectivity index (χ4n) is 2.77. The van der Waals surface area contributed by atoms with Gasteiger partial charge in [0.15, 0.2) is 0 Å². The number of amides is 1. The predicted octanol–water partition coefficient (Wildman–Crippen LogP) is -1.19. The molecule has 5 N–H and O–H groups in total. The first kappa shape index (κ1) is 18.4. The third-order valence-electron chi connectivity index (χ3n) is 3.97. The molecular weight excluding hydrogens is 355 g/mol. The third-order valence-corrected chi connectivity index (χ3v) is 3.97. The van der Waals surface area contributed by atoms with Crippen LogP contribution in [0.5, 0.6) is 5.75 Å². The van der Waals surface area contributed by atoms with Crippen LogP contribution in [0.3, 0.4) is 0 Å². The Bertz CT molecular complexity index is 872. The number of hydrogen-bond donors (Lipinski definition) is 5. The van der Waals surface area contributed by atoms with Crippen LogP contribution >= 0.6 is 0 Å². The topological polar surface area (TPSA) is 162 Å². The molecule has 27 heavy (non-hydrogen) atoms. The summed E-state index contributed by atoms with van der Waals surface area (Å²) in [5.74, 6) is -2.17. The number of carboxylic acids is 1. The Morgan fingerprint density at radius 2 is 2.30 bits per heavy atom. The van der Waals surface area contributed by atoms with Crippen molar-refractivity contribution in [3.63, 3.8) is 0 Å². The zero-order valence-electron chi connectivity index (χ0n) is 14.1. The fourth-order valence-corrected chi connectivity index (χ4v) is 2.77. The van der Waals surface area contributed by atoms with Gasteiger partial charge in [0.25, 0.3) is 0 Å². The van der Waals surface area contributed by atoms with Gasteiger partial charge < -0.3 is 25.4 Å². The predicted molar refractivity (Wildman–Crippen MR) is 93.3 cm³/mol. The van der Waals surface area contributed by atoms with Gasteiger partial charge in [0, 0.05) is 0 Å². The number of carboxylic acid groups (broad SMARTS) is 1. The lowest BCUT2D eigenvalue weighted by Gasteiger charge is -2.28. The van der Waals surface area contributed by atoms with E-state index in [1.807, 2.05) is 0 Å². The molecule has 3 rings (SSSR count). The van der Waals surface area contributed by atoms with Crippen LogP contribution in [0.1, 0.15) is 21.6 Å². The Hall–Kier alpha value is -3.41. The quantitative estimate of drug-likeness (QED) is 0.230. The molecule has 0 saturated heterocycles. The van der Waals surface area contributed by atoms with E-state index in [9.17, 15) is 19.7 Å². The van der Waals surface area contributed by atoms with Crippen molar-refractivity contribution >= 4 is 25.3 Å². The summed E-state index contributed by atoms with van der Waals surface area (Å²) < 4.78 is 6.67. The highest BCUT2D eigenvalue weighted by Gasteiger charge is 2.37. The van der Waals surface area contributed by atoms with Crippen molar-refractivity contribution in [2.24, 2.45) is 0 Å². The van der Waals surface area contributed by atoms with E-state index in [0.29, 0.717) is 17.8 Å². The van der Waals surface area contributed by atoms with E-state index in [-0.39, 0.29) is 24.3 Å². The van der Waals surface area contributed by atoms with E-state index in [1.165, 1.54) is 10.7 Å². The Labute approximate surface area is 154 Å². The molecule has 0 saturated carbocycles. The van der Waals surface area contributed by atoms with Crippen LogP contribution in [0.4, 0.5) is 0 Å². The number of fused-ring (bicyclic) bond motifs is 1. The Balaban J connectivity index is 1.63. The fraction of sp³-hybridized carbons (Fsp3) is 0.267. The second-order valence-electron chi connectivity index (χ2n) is 5.92. The maximum Gasteiger partial charge on any atom is 0.547 e. The number of carbonyl (C=O) groups excluding carboxylic acids is 1. The lowest BCUT2D eigenvalue weighted by atomic mass is 9.72. The molecule has 2 heterocycles. The normalized spacial score (nSPS) is 15.4. The van der Waals surface area contributed by atoms with Crippen LogP contribution in [-0.4, -0.2) is 56.4 Å². The van der Waals surface area contributed by atoms with Crippen molar-refractivity contribution in [1.82, 2.24) is 25.6 Å². The molecule has 0 radical (unpaired) electrons. The minimum atomic E-state index is -1.37. The van der Waals surface area contributed by atoms with Crippen molar-refractivity contribution in [2.45, 2.75) is 25.5 Å². The first-order valence-corrected chi connectivity index (χ1v) is 8.08. The van der Waals surface area contributed by atoms with E-state index in [4.69, 9.17) is 10.1 Å². The van der Waals surface area contributed by atoms with Crippen LogP contribution in [0.15, 0.2) is 24.4 Å². The number of para-hydroxylation sites is 1. The standard InChI is InChI=1S/C15H17BN6O5/c17-8-18-5-10-6-22(21-20-10)7-13(23)19-12-4-9-2-1-3-11(15(24)25)14(9)27-16(12)26/h1-3,6,8,12,26H,4-5,7H2,(H2,17,18)(H,19,23)(H,24,25). The van der Waals surface area contributed by atoms with E-state index < -0.39 is 24.9 Å². The average Bonchev–Trinajstić information content (AvgIpc) is 3.07. The Morgan fingerprint density at radius 1 is 1.48 bits per heavy atom. The zero-order chi connectivity index (χ0) is 19.4. The van der Waals surface area contributed by atoms with Crippen LogP contribution in [0.25, 0.3) is 0 Å². The largest absolute Gasteiger partial charge is 0.547 e. The molecular formula is C15H17BN6O5. The van der Waals surface area contributed by atoms with Gasteiger partial charge in [-0.3, -0.25) is 10.2 Å². The van der Waals surface area contributed by atoms with Crippen molar-refractivity contribution < 1.29 is 24.4 Å². The minimum Gasteiger partial charge on any atom is -0.534 e. The lowest BCUT2D eigenvalue weighted by molar-refractivity contribution is -0.122. The SMILES string of the molecule is N=CNCc1cn(CC(=O)NC2Cc3cccc(C(=O)O)c3OB2O)nn1. The second-order valence-corrected chi connectivity index (χ2v) is 5.92. The van der Waals surface area contributed by atoms with Crippen LogP contribution in [0, 0.1) is 5.41 Å². The van der Waals surface area contributed by atoms with E-state index in [2.05, 4.69) is 20.9 Å². The summed E-state index contributed by atoms with van der Waals surface area (Å²) in [6.45, 7) is 0.214. The summed E-state index contributed by atoms with van der Waals surface area (Å²) in [7, 11) is -1.37. The van der Waals surface area contributed by atoms with Crippen molar-refractivity contribution in [3.05, 3.63) is 41.2 Å². The summed E-state index contributed by atoms with van der Waals surface area (Å²) in [6, 6.07) is 4.66. The maximum absolute atomic E-state index is 12.2. The number of nitrogens with one attached hydrogen (secondary N) is 3. The highest BCUT2D eigenvalue weighted by Crippen LogP contribution is 2.30. The summed E-state index contributed by atoms with van der Waals surface area (Å²) in [5.41, 5.74) is 1.12. The minimum absolute atomic E-state index is 0.0370. The van der Waals surface area contributed by atoms with Gasteiger partial charge >= 0.3 is 13.1 Å². The van der Waals surface area contributed by atoms with Gasteiger partial charge in [-0.15, -0.1) is 5.10 Å². The van der Waals surface area contributed by atoms with Gasteiger partial charge in [-0.2, -0.15) is 0 Å². The van der Waals surface area contributed by atoms with Crippen LogP contribution in [-0.2, 0) is 24.3 Å². The molecule has 1 aliphatic heterocycles. The van der Waals surface area contributed by atoms with Crippen molar-refractivity contribution in [3.8, 4) is 5.75 Å². The number of carbonyl (C=O) groups is 2. The van der Waals surface area contributed by atoms with Crippen molar-refractivity contribution in [2.75, 3.05) is 0 Å². The molecule has 1 unspecified atom stereocenters. The molecule has 0 bridgehead atoms. The summed E-state index contributed by atoms with van der Waals surface area (Å²) in [6.07, 6.45) is 2.83. The molecule has 12 heteroatoms. The first-order valence-electron chi connectivity index (χ1n) is 8.08. The molecule has 1 aliphatic rings. The smallest absolute Gasteiger partial charge is 0.534 e. The highest BCUT2D eigenvalue weighted by molar-refractivity contribution is 6.47. The molecule has 1 aromatic heterocycles. The Kier molecular flexibility index (Phi) is 5.36. The number of rotatable bonds is 7. The number of aromatic carboxylic acids is 1. The van der Waals surface area contributed by atoms with Gasteiger partial charge in [-0.05, 0) is 18.1 Å². The average molecular weight is 372 g/mol. The summed E-state index contributed by atoms with van der Waals surface area (Å²) in [4.78, 5) is 23.5. The van der Waals surface area contributed by atoms with Gasteiger partial charge in [-0.25, -0.2) is 9.48 Å². The first-order chi connectivity index (χ1) is 13.0. The van der Waals surface area contributed by atoms with Crippen LogP contribution in [0.2, 0.25) is 0 Å². The molecule has 0 spiro atoms. The van der Waals surface area contributed by atoms with Crippen LogP contribution < -0.4 is 15.3 Å². The van der Waals surface area contributed by atoms with Gasteiger partial charge in [0.2, 0.25) is 5.91 Å². The molecule has 0 fully saturated rings. The molecule has 1 aromatic carbocycles.